The van der Waals surface area contributed by atoms with Crippen LogP contribution in [-0.4, -0.2) is 7.11 Å². The zero-order valence-corrected chi connectivity index (χ0v) is 17.6. The molecule has 3 aromatic carbocycles. The lowest BCUT2D eigenvalue weighted by Gasteiger charge is -2.16. The van der Waals surface area contributed by atoms with Gasteiger partial charge in [-0.1, -0.05) is 53.6 Å². The van der Waals surface area contributed by atoms with Crippen molar-refractivity contribution >= 4 is 17.3 Å². The molecule has 0 saturated heterocycles. The Balaban J connectivity index is 1.73. The lowest BCUT2D eigenvalue weighted by atomic mass is 10.1. The second-order valence-corrected chi connectivity index (χ2v) is 7.39. The summed E-state index contributed by atoms with van der Waals surface area (Å²) >= 11 is 6.51. The van der Waals surface area contributed by atoms with E-state index in [0.29, 0.717) is 29.7 Å². The highest BCUT2D eigenvalue weighted by molar-refractivity contribution is 6.32. The number of methoxy groups -OCH3 is 1. The van der Waals surface area contributed by atoms with Crippen LogP contribution >= 0.6 is 11.6 Å². The van der Waals surface area contributed by atoms with Gasteiger partial charge in [-0.25, -0.2) is 0 Å². The minimum absolute atomic E-state index is 0.441. The van der Waals surface area contributed by atoms with Gasteiger partial charge in [0.2, 0.25) is 0 Å². The van der Waals surface area contributed by atoms with Gasteiger partial charge in [-0.2, -0.15) is 0 Å². The number of hydrogen-bond acceptors (Lipinski definition) is 3. The van der Waals surface area contributed by atoms with Crippen LogP contribution < -0.4 is 14.8 Å². The summed E-state index contributed by atoms with van der Waals surface area (Å²) in [5.41, 5.74) is 6.98. The van der Waals surface area contributed by atoms with Crippen LogP contribution in [0.25, 0.3) is 0 Å². The first-order chi connectivity index (χ1) is 13.5. The van der Waals surface area contributed by atoms with Crippen LogP contribution in [0.1, 0.15) is 27.8 Å². The number of halogens is 1. The van der Waals surface area contributed by atoms with Gasteiger partial charge in [0.1, 0.15) is 6.61 Å². The molecule has 0 aromatic heterocycles. The summed E-state index contributed by atoms with van der Waals surface area (Å²) in [6.07, 6.45) is 0. The van der Waals surface area contributed by atoms with E-state index in [-0.39, 0.29) is 0 Å². The van der Waals surface area contributed by atoms with Crippen molar-refractivity contribution in [2.24, 2.45) is 0 Å². The number of ether oxygens (including phenoxy) is 2. The van der Waals surface area contributed by atoms with Crippen LogP contribution in [-0.2, 0) is 13.2 Å². The largest absolute Gasteiger partial charge is 0.493 e. The monoisotopic (exact) mass is 395 g/mol. The van der Waals surface area contributed by atoms with Gasteiger partial charge in [0, 0.05) is 12.2 Å². The van der Waals surface area contributed by atoms with Crippen LogP contribution in [0.4, 0.5) is 5.69 Å². The molecule has 28 heavy (non-hydrogen) atoms. The van der Waals surface area contributed by atoms with Crippen molar-refractivity contribution in [3.63, 3.8) is 0 Å². The molecule has 0 aliphatic heterocycles. The van der Waals surface area contributed by atoms with E-state index in [0.717, 1.165) is 16.8 Å². The minimum atomic E-state index is 0.441. The van der Waals surface area contributed by atoms with Gasteiger partial charge in [-0.05, 0) is 61.2 Å². The Morgan fingerprint density at radius 3 is 2.39 bits per heavy atom. The molecule has 0 heterocycles. The van der Waals surface area contributed by atoms with Crippen molar-refractivity contribution in [2.45, 2.75) is 33.9 Å². The normalized spacial score (nSPS) is 10.6. The molecule has 0 aliphatic carbocycles. The van der Waals surface area contributed by atoms with Crippen LogP contribution in [0.3, 0.4) is 0 Å². The average molecular weight is 396 g/mol. The minimum Gasteiger partial charge on any atom is -0.493 e. The van der Waals surface area contributed by atoms with Gasteiger partial charge in [0.15, 0.2) is 11.5 Å². The maximum atomic E-state index is 6.51. The lowest BCUT2D eigenvalue weighted by molar-refractivity contribution is 0.284. The lowest BCUT2D eigenvalue weighted by Crippen LogP contribution is -2.04. The first-order valence-electron chi connectivity index (χ1n) is 9.32. The van der Waals surface area contributed by atoms with Crippen molar-refractivity contribution in [1.82, 2.24) is 0 Å². The van der Waals surface area contributed by atoms with E-state index in [2.05, 4.69) is 68.6 Å². The average Bonchev–Trinajstić information content (AvgIpc) is 2.69. The molecule has 4 heteroatoms. The number of hydrogen-bond donors (Lipinski definition) is 1. The number of nitrogens with one attached hydrogen (secondary N) is 1. The molecule has 0 bridgehead atoms. The fraction of sp³-hybridized carbons (Fsp3) is 0.250. The molecule has 0 unspecified atom stereocenters. The summed E-state index contributed by atoms with van der Waals surface area (Å²) in [7, 11) is 1.63. The molecule has 0 saturated carbocycles. The predicted molar refractivity (Wildman–Crippen MR) is 117 cm³/mol. The molecule has 3 aromatic rings. The Morgan fingerprint density at radius 1 is 0.929 bits per heavy atom. The van der Waals surface area contributed by atoms with E-state index in [1.165, 1.54) is 16.7 Å². The molecule has 3 rings (SSSR count). The second-order valence-electron chi connectivity index (χ2n) is 6.98. The Labute approximate surface area is 172 Å². The second kappa shape index (κ2) is 9.03. The fourth-order valence-electron chi connectivity index (χ4n) is 3.00. The van der Waals surface area contributed by atoms with E-state index in [9.17, 15) is 0 Å². The molecule has 0 spiro atoms. The number of rotatable bonds is 7. The van der Waals surface area contributed by atoms with Crippen LogP contribution in [0.15, 0.2) is 54.6 Å². The number of anilines is 1. The third-order valence-corrected chi connectivity index (χ3v) is 5.16. The predicted octanol–water partition coefficient (Wildman–Crippen LogP) is 6.46. The first-order valence-corrected chi connectivity index (χ1v) is 9.70. The zero-order chi connectivity index (χ0) is 20.1. The molecular weight excluding hydrogens is 370 g/mol. The molecule has 146 valence electrons. The molecule has 3 nitrogen and oxygen atoms in total. The van der Waals surface area contributed by atoms with Gasteiger partial charge in [-0.3, -0.25) is 0 Å². The molecule has 0 aliphatic rings. The molecule has 1 N–H and O–H groups in total. The van der Waals surface area contributed by atoms with Crippen LogP contribution in [0, 0.1) is 20.8 Å². The highest BCUT2D eigenvalue weighted by Crippen LogP contribution is 2.37. The highest BCUT2D eigenvalue weighted by atomic mass is 35.5. The maximum Gasteiger partial charge on any atom is 0.180 e. The van der Waals surface area contributed by atoms with E-state index >= 15 is 0 Å². The third-order valence-electron chi connectivity index (χ3n) is 4.88. The summed E-state index contributed by atoms with van der Waals surface area (Å²) in [6, 6.07) is 18.4. The standard InChI is InChI=1S/C24H26ClNO2/c1-16-8-10-19(11-9-16)15-28-24-21(25)12-20(13-23(24)27-4)14-26-22-7-5-6-17(2)18(22)3/h5-13,26H,14-15H2,1-4H3. The zero-order valence-electron chi connectivity index (χ0n) is 16.8. The van der Waals surface area contributed by atoms with Crippen molar-refractivity contribution in [2.75, 3.05) is 12.4 Å². The summed E-state index contributed by atoms with van der Waals surface area (Å²) in [4.78, 5) is 0. The SMILES string of the molecule is COc1cc(CNc2cccc(C)c2C)cc(Cl)c1OCc1ccc(C)cc1. The van der Waals surface area contributed by atoms with Crippen molar-refractivity contribution in [1.29, 1.82) is 0 Å². The van der Waals surface area contributed by atoms with Crippen LogP contribution in [0.5, 0.6) is 11.5 Å². The number of benzene rings is 3. The van der Waals surface area contributed by atoms with Gasteiger partial charge in [0.25, 0.3) is 0 Å². The Morgan fingerprint density at radius 2 is 1.68 bits per heavy atom. The molecule has 0 radical (unpaired) electrons. The van der Waals surface area contributed by atoms with E-state index < -0.39 is 0 Å². The van der Waals surface area contributed by atoms with Crippen molar-refractivity contribution in [3.05, 3.63) is 87.4 Å². The van der Waals surface area contributed by atoms with Crippen LogP contribution in [0.2, 0.25) is 5.02 Å². The van der Waals surface area contributed by atoms with Crippen molar-refractivity contribution < 1.29 is 9.47 Å². The Hall–Kier alpha value is -2.65. The quantitative estimate of drug-likeness (QED) is 0.497. The Kier molecular flexibility index (Phi) is 6.48. The summed E-state index contributed by atoms with van der Waals surface area (Å²) in [5, 5.41) is 4.02. The topological polar surface area (TPSA) is 30.5 Å². The highest BCUT2D eigenvalue weighted by Gasteiger charge is 2.13. The van der Waals surface area contributed by atoms with Gasteiger partial charge in [-0.15, -0.1) is 0 Å². The molecule has 0 amide bonds. The van der Waals surface area contributed by atoms with Gasteiger partial charge >= 0.3 is 0 Å². The van der Waals surface area contributed by atoms with Gasteiger partial charge in [0.05, 0.1) is 12.1 Å². The van der Waals surface area contributed by atoms with Crippen molar-refractivity contribution in [3.8, 4) is 11.5 Å². The summed E-state index contributed by atoms with van der Waals surface area (Å²) in [5.74, 6) is 1.21. The third kappa shape index (κ3) is 4.79. The van der Waals surface area contributed by atoms with Gasteiger partial charge < -0.3 is 14.8 Å². The smallest absolute Gasteiger partial charge is 0.180 e. The van der Waals surface area contributed by atoms with E-state index in [4.69, 9.17) is 21.1 Å². The Bertz CT molecular complexity index is 952. The molecule has 0 fully saturated rings. The first kappa shape index (κ1) is 20.1. The summed E-state index contributed by atoms with van der Waals surface area (Å²) in [6.45, 7) is 7.39. The number of aryl methyl sites for hydroxylation is 2. The molecular formula is C24H26ClNO2. The van der Waals surface area contributed by atoms with E-state index in [1.807, 2.05) is 12.1 Å². The molecule has 0 atom stereocenters. The summed E-state index contributed by atoms with van der Waals surface area (Å²) < 4.78 is 11.5. The fourth-order valence-corrected chi connectivity index (χ4v) is 3.28. The maximum absolute atomic E-state index is 6.51. The van der Waals surface area contributed by atoms with E-state index in [1.54, 1.807) is 7.11 Å².